The summed E-state index contributed by atoms with van der Waals surface area (Å²) in [5.74, 6) is 0.407. The second-order valence-electron chi connectivity index (χ2n) is 5.90. The third-order valence-electron chi connectivity index (χ3n) is 2.98. The summed E-state index contributed by atoms with van der Waals surface area (Å²) < 4.78 is 15.3. The summed E-state index contributed by atoms with van der Waals surface area (Å²) in [6.07, 6.45) is -0.800. The van der Waals surface area contributed by atoms with Gasteiger partial charge < -0.3 is 24.6 Å². The zero-order valence-electron chi connectivity index (χ0n) is 14.3. The van der Waals surface area contributed by atoms with Gasteiger partial charge in [0.15, 0.2) is 11.5 Å². The van der Waals surface area contributed by atoms with Crippen LogP contribution < -0.4 is 14.8 Å². The van der Waals surface area contributed by atoms with E-state index in [1.807, 2.05) is 0 Å². The molecule has 0 fully saturated rings. The molecule has 0 saturated carbocycles. The first kappa shape index (κ1) is 19.5. The molecule has 0 radical (unpaired) electrons. The van der Waals surface area contributed by atoms with Crippen molar-refractivity contribution in [3.63, 3.8) is 0 Å². The Kier molecular flexibility index (Phi) is 6.35. The number of nitro groups is 1. The Labute approximate surface area is 139 Å². The number of aliphatic hydroxyl groups excluding tert-OH is 1. The average Bonchev–Trinajstić information content (AvgIpc) is 2.49. The van der Waals surface area contributed by atoms with Gasteiger partial charge in [-0.1, -0.05) is 0 Å². The van der Waals surface area contributed by atoms with E-state index in [9.17, 15) is 20.0 Å². The lowest BCUT2D eigenvalue weighted by atomic mass is 10.0. The molecule has 134 valence electrons. The molecule has 0 aliphatic heterocycles. The van der Waals surface area contributed by atoms with E-state index < -0.39 is 29.3 Å². The number of amides is 1. The SMILES string of the molecule is COc1cc(C(CO)NC(=O)OC(C)(C)C)c([N+](=O)[O-])cc1OC. The Morgan fingerprint density at radius 1 is 1.29 bits per heavy atom. The van der Waals surface area contributed by atoms with E-state index in [0.29, 0.717) is 0 Å². The second-order valence-corrected chi connectivity index (χ2v) is 5.90. The highest BCUT2D eigenvalue weighted by Crippen LogP contribution is 2.37. The smallest absolute Gasteiger partial charge is 0.408 e. The number of nitrogens with one attached hydrogen (secondary N) is 1. The summed E-state index contributed by atoms with van der Waals surface area (Å²) in [5.41, 5.74) is -0.984. The summed E-state index contributed by atoms with van der Waals surface area (Å²) in [6, 6.07) is 1.48. The minimum atomic E-state index is -1.04. The fourth-order valence-electron chi connectivity index (χ4n) is 1.99. The number of aliphatic hydroxyl groups is 1. The Bertz CT molecular complexity index is 611. The van der Waals surface area contributed by atoms with Gasteiger partial charge in [0, 0.05) is 0 Å². The zero-order valence-corrected chi connectivity index (χ0v) is 14.3. The second kappa shape index (κ2) is 7.82. The van der Waals surface area contributed by atoms with Crippen molar-refractivity contribution in [2.45, 2.75) is 32.4 Å². The average molecular weight is 342 g/mol. The lowest BCUT2D eigenvalue weighted by Gasteiger charge is -2.23. The summed E-state index contributed by atoms with van der Waals surface area (Å²) >= 11 is 0. The van der Waals surface area contributed by atoms with Crippen LogP contribution in [0.15, 0.2) is 12.1 Å². The number of nitro benzene ring substituents is 1. The van der Waals surface area contributed by atoms with Crippen LogP contribution in [-0.4, -0.2) is 42.6 Å². The van der Waals surface area contributed by atoms with Crippen LogP contribution in [-0.2, 0) is 4.74 Å². The van der Waals surface area contributed by atoms with Crippen LogP contribution in [0.5, 0.6) is 11.5 Å². The molecule has 9 nitrogen and oxygen atoms in total. The number of benzene rings is 1. The van der Waals surface area contributed by atoms with Gasteiger partial charge in [0.1, 0.15) is 5.60 Å². The molecule has 0 aromatic heterocycles. The molecule has 1 amide bonds. The lowest BCUT2D eigenvalue weighted by molar-refractivity contribution is -0.385. The summed E-state index contributed by atoms with van der Waals surface area (Å²) in [6.45, 7) is 4.48. The molecular weight excluding hydrogens is 320 g/mol. The van der Waals surface area contributed by atoms with Gasteiger partial charge in [0.05, 0.1) is 43.4 Å². The third kappa shape index (κ3) is 4.98. The van der Waals surface area contributed by atoms with Crippen molar-refractivity contribution in [3.05, 3.63) is 27.8 Å². The first-order chi connectivity index (χ1) is 11.1. The summed E-state index contributed by atoms with van der Waals surface area (Å²) in [4.78, 5) is 22.6. The molecule has 1 atom stereocenters. The number of rotatable bonds is 6. The molecule has 0 aliphatic carbocycles. The molecule has 0 saturated heterocycles. The Hall–Kier alpha value is -2.55. The normalized spacial score (nSPS) is 12.2. The minimum Gasteiger partial charge on any atom is -0.493 e. The van der Waals surface area contributed by atoms with Crippen LogP contribution in [0.2, 0.25) is 0 Å². The van der Waals surface area contributed by atoms with Gasteiger partial charge >= 0.3 is 6.09 Å². The Morgan fingerprint density at radius 2 is 1.83 bits per heavy atom. The van der Waals surface area contributed by atoms with Gasteiger partial charge in [-0.3, -0.25) is 10.1 Å². The maximum atomic E-state index is 11.9. The molecule has 24 heavy (non-hydrogen) atoms. The Balaban J connectivity index is 3.24. The van der Waals surface area contributed by atoms with Crippen LogP contribution in [0, 0.1) is 10.1 Å². The van der Waals surface area contributed by atoms with E-state index >= 15 is 0 Å². The van der Waals surface area contributed by atoms with Gasteiger partial charge in [-0.25, -0.2) is 4.79 Å². The van der Waals surface area contributed by atoms with E-state index in [1.165, 1.54) is 26.4 Å². The fraction of sp³-hybridized carbons (Fsp3) is 0.533. The monoisotopic (exact) mass is 342 g/mol. The zero-order chi connectivity index (χ0) is 18.5. The van der Waals surface area contributed by atoms with Gasteiger partial charge in [0.2, 0.25) is 0 Å². The van der Waals surface area contributed by atoms with E-state index in [-0.39, 0.29) is 22.7 Å². The van der Waals surface area contributed by atoms with Crippen molar-refractivity contribution < 1.29 is 29.0 Å². The van der Waals surface area contributed by atoms with Crippen LogP contribution in [0.25, 0.3) is 0 Å². The molecule has 1 aromatic rings. The van der Waals surface area contributed by atoms with E-state index in [4.69, 9.17) is 14.2 Å². The predicted molar refractivity (Wildman–Crippen MR) is 85.4 cm³/mol. The number of nitrogens with zero attached hydrogens (tertiary/aromatic N) is 1. The third-order valence-corrected chi connectivity index (χ3v) is 2.98. The van der Waals surface area contributed by atoms with Crippen LogP contribution in [0.4, 0.5) is 10.5 Å². The molecule has 0 aliphatic rings. The highest BCUT2D eigenvalue weighted by Gasteiger charge is 2.28. The number of hydrogen-bond donors (Lipinski definition) is 2. The van der Waals surface area contributed by atoms with Gasteiger partial charge in [-0.05, 0) is 26.8 Å². The van der Waals surface area contributed by atoms with Crippen molar-refractivity contribution >= 4 is 11.8 Å². The molecule has 9 heteroatoms. The topological polar surface area (TPSA) is 120 Å². The van der Waals surface area contributed by atoms with Crippen molar-refractivity contribution in [1.29, 1.82) is 0 Å². The standard InChI is InChI=1S/C15H22N2O7/c1-15(2,3)24-14(19)16-10(8-18)9-6-12(22-4)13(23-5)7-11(9)17(20)21/h6-7,10,18H,8H2,1-5H3,(H,16,19). The number of hydrogen-bond acceptors (Lipinski definition) is 7. The number of ether oxygens (including phenoxy) is 3. The molecule has 0 heterocycles. The largest absolute Gasteiger partial charge is 0.493 e. The molecule has 1 aromatic carbocycles. The number of carbonyl (C=O) groups is 1. The lowest BCUT2D eigenvalue weighted by Crippen LogP contribution is -2.36. The summed E-state index contributed by atoms with van der Waals surface area (Å²) in [5, 5.41) is 23.3. The van der Waals surface area contributed by atoms with Gasteiger partial charge in [0.25, 0.3) is 5.69 Å². The maximum Gasteiger partial charge on any atom is 0.408 e. The van der Waals surface area contributed by atoms with Gasteiger partial charge in [-0.15, -0.1) is 0 Å². The van der Waals surface area contributed by atoms with Crippen LogP contribution in [0.3, 0.4) is 0 Å². The van der Waals surface area contributed by atoms with Gasteiger partial charge in [-0.2, -0.15) is 0 Å². The van der Waals surface area contributed by atoms with E-state index in [0.717, 1.165) is 0 Å². The fourth-order valence-corrected chi connectivity index (χ4v) is 1.99. The van der Waals surface area contributed by atoms with Crippen molar-refractivity contribution in [2.75, 3.05) is 20.8 Å². The van der Waals surface area contributed by atoms with Crippen molar-refractivity contribution in [1.82, 2.24) is 5.32 Å². The quantitative estimate of drug-likeness (QED) is 0.600. The molecule has 1 rings (SSSR count). The van der Waals surface area contributed by atoms with Crippen LogP contribution >= 0.6 is 0 Å². The highest BCUT2D eigenvalue weighted by molar-refractivity contribution is 5.69. The minimum absolute atomic E-state index is 0.0750. The summed E-state index contributed by atoms with van der Waals surface area (Å²) in [7, 11) is 2.73. The molecule has 0 spiro atoms. The van der Waals surface area contributed by atoms with Crippen LogP contribution in [0.1, 0.15) is 32.4 Å². The predicted octanol–water partition coefficient (Wildman–Crippen LogP) is 2.17. The number of carbonyl (C=O) groups excluding carboxylic acids is 1. The molecule has 1 unspecified atom stereocenters. The molecular formula is C15H22N2O7. The van der Waals surface area contributed by atoms with E-state index in [2.05, 4.69) is 5.32 Å². The number of methoxy groups -OCH3 is 2. The maximum absolute atomic E-state index is 11.9. The van der Waals surface area contributed by atoms with E-state index in [1.54, 1.807) is 20.8 Å². The molecule has 2 N–H and O–H groups in total. The number of alkyl carbamates (subject to hydrolysis) is 1. The van der Waals surface area contributed by atoms with Crippen molar-refractivity contribution in [3.8, 4) is 11.5 Å². The van der Waals surface area contributed by atoms with Crippen molar-refractivity contribution in [2.24, 2.45) is 0 Å². The first-order valence-corrected chi connectivity index (χ1v) is 7.13. The molecule has 0 bridgehead atoms. The Morgan fingerprint density at radius 3 is 2.25 bits per heavy atom. The highest BCUT2D eigenvalue weighted by atomic mass is 16.6. The first-order valence-electron chi connectivity index (χ1n) is 7.13.